The second-order valence-corrected chi connectivity index (χ2v) is 8.32. The predicted octanol–water partition coefficient (Wildman–Crippen LogP) is 3.84. The monoisotopic (exact) mass is 422 g/mol. The van der Waals surface area contributed by atoms with Gasteiger partial charge in [0.05, 0.1) is 36.6 Å². The van der Waals surface area contributed by atoms with Crippen molar-refractivity contribution in [2.24, 2.45) is 5.92 Å². The van der Waals surface area contributed by atoms with Crippen molar-refractivity contribution in [1.82, 2.24) is 10.3 Å². The minimum atomic E-state index is -0.0514. The van der Waals surface area contributed by atoms with Crippen LogP contribution in [-0.2, 0) is 4.79 Å². The lowest BCUT2D eigenvalue weighted by Gasteiger charge is -2.21. The molecule has 0 bridgehead atoms. The Hall–Kier alpha value is -3.27. The second kappa shape index (κ2) is 10.2. The first-order valence-corrected chi connectivity index (χ1v) is 10.7. The van der Waals surface area contributed by atoms with Gasteiger partial charge in [0.2, 0.25) is 11.8 Å². The molecule has 2 heterocycles. The first-order chi connectivity index (χ1) is 14.9. The number of pyridine rings is 1. The summed E-state index contributed by atoms with van der Waals surface area (Å²) in [5.74, 6) is 1.68. The van der Waals surface area contributed by atoms with Gasteiger partial charge in [-0.15, -0.1) is 0 Å². The van der Waals surface area contributed by atoms with E-state index in [1.54, 1.807) is 6.20 Å². The average Bonchev–Trinajstić information content (AvgIpc) is 3.20. The summed E-state index contributed by atoms with van der Waals surface area (Å²) < 4.78 is 11.9. The van der Waals surface area contributed by atoms with Gasteiger partial charge in [-0.2, -0.15) is 5.26 Å². The highest BCUT2D eigenvalue weighted by atomic mass is 16.5. The molecule has 1 aromatic carbocycles. The molecule has 1 N–H and O–H groups in total. The minimum Gasteiger partial charge on any atom is -0.489 e. The van der Waals surface area contributed by atoms with E-state index in [0.29, 0.717) is 30.5 Å². The van der Waals surface area contributed by atoms with Gasteiger partial charge in [0.25, 0.3) is 0 Å². The number of nitriles is 1. The highest BCUT2D eigenvalue weighted by Gasteiger charge is 2.26. The second-order valence-electron chi connectivity index (χ2n) is 8.32. The number of ether oxygens (including phenoxy) is 2. The van der Waals surface area contributed by atoms with E-state index in [9.17, 15) is 10.1 Å². The van der Waals surface area contributed by atoms with Crippen molar-refractivity contribution in [3.05, 3.63) is 47.7 Å². The van der Waals surface area contributed by atoms with E-state index in [4.69, 9.17) is 9.47 Å². The quantitative estimate of drug-likeness (QED) is 0.695. The van der Waals surface area contributed by atoms with Gasteiger partial charge < -0.3 is 19.7 Å². The summed E-state index contributed by atoms with van der Waals surface area (Å²) in [6, 6.07) is 11.8. The first kappa shape index (κ1) is 22.4. The largest absolute Gasteiger partial charge is 0.489 e. The van der Waals surface area contributed by atoms with Crippen molar-refractivity contribution in [2.75, 3.05) is 24.6 Å². The molecule has 7 nitrogen and oxygen atoms in total. The summed E-state index contributed by atoms with van der Waals surface area (Å²) in [5.41, 5.74) is 2.40. The van der Waals surface area contributed by atoms with Crippen LogP contribution in [-0.4, -0.2) is 36.7 Å². The maximum atomic E-state index is 11.2. The smallest absolute Gasteiger partial charge is 0.217 e. The van der Waals surface area contributed by atoms with E-state index in [-0.39, 0.29) is 18.1 Å². The third kappa shape index (κ3) is 6.11. The van der Waals surface area contributed by atoms with Gasteiger partial charge in [0.1, 0.15) is 17.9 Å². The normalized spacial score (nSPS) is 16.6. The zero-order valence-corrected chi connectivity index (χ0v) is 18.6. The molecule has 1 fully saturated rings. The van der Waals surface area contributed by atoms with Crippen LogP contribution in [0.5, 0.6) is 11.6 Å². The Kier molecular flexibility index (Phi) is 7.35. The van der Waals surface area contributed by atoms with Crippen molar-refractivity contribution in [3.63, 3.8) is 0 Å². The Balaban J connectivity index is 1.63. The number of hydrogen-bond acceptors (Lipinski definition) is 6. The highest BCUT2D eigenvalue weighted by molar-refractivity contribution is 5.73. The number of hydrogen-bond donors (Lipinski definition) is 1. The van der Waals surface area contributed by atoms with Gasteiger partial charge in [0.15, 0.2) is 0 Å². The molecule has 0 radical (unpaired) electrons. The van der Waals surface area contributed by atoms with Crippen molar-refractivity contribution in [3.8, 4) is 17.7 Å². The van der Waals surface area contributed by atoms with Crippen molar-refractivity contribution in [1.29, 1.82) is 5.26 Å². The van der Waals surface area contributed by atoms with Crippen LogP contribution in [0.2, 0.25) is 0 Å². The Morgan fingerprint density at radius 3 is 2.71 bits per heavy atom. The topological polar surface area (TPSA) is 87.5 Å². The van der Waals surface area contributed by atoms with Crippen molar-refractivity contribution in [2.45, 2.75) is 46.3 Å². The molecular weight excluding hydrogens is 392 g/mol. The molecule has 2 atom stereocenters. The third-order valence-electron chi connectivity index (χ3n) is 5.13. The van der Waals surface area contributed by atoms with E-state index in [1.807, 2.05) is 37.3 Å². The maximum absolute atomic E-state index is 11.2. The van der Waals surface area contributed by atoms with Crippen LogP contribution in [0.3, 0.4) is 0 Å². The van der Waals surface area contributed by atoms with E-state index >= 15 is 0 Å². The minimum absolute atomic E-state index is 0.0263. The van der Waals surface area contributed by atoms with Crippen LogP contribution in [0.15, 0.2) is 36.5 Å². The molecule has 2 aromatic rings. The molecule has 1 amide bonds. The average molecular weight is 423 g/mol. The van der Waals surface area contributed by atoms with Gasteiger partial charge in [-0.1, -0.05) is 26.0 Å². The Labute approximate surface area is 184 Å². The Bertz CT molecular complexity index is 937. The Morgan fingerprint density at radius 2 is 2.06 bits per heavy atom. The molecule has 0 saturated carbocycles. The van der Waals surface area contributed by atoms with Crippen LogP contribution < -0.4 is 19.7 Å². The molecule has 164 valence electrons. The summed E-state index contributed by atoms with van der Waals surface area (Å²) in [7, 11) is 0. The number of nitrogens with zero attached hydrogens (tertiary/aromatic N) is 3. The zero-order chi connectivity index (χ0) is 22.4. The van der Waals surface area contributed by atoms with E-state index in [1.165, 1.54) is 6.92 Å². The summed E-state index contributed by atoms with van der Waals surface area (Å²) in [6.45, 7) is 9.70. The number of benzene rings is 1. The molecular formula is C24H30N4O3. The summed E-state index contributed by atoms with van der Waals surface area (Å²) in [6.07, 6.45) is 2.46. The predicted molar refractivity (Wildman–Crippen MR) is 119 cm³/mol. The lowest BCUT2D eigenvalue weighted by atomic mass is 10.1. The van der Waals surface area contributed by atoms with Crippen LogP contribution in [0.1, 0.15) is 51.3 Å². The summed E-state index contributed by atoms with van der Waals surface area (Å²) >= 11 is 0. The van der Waals surface area contributed by atoms with Gasteiger partial charge >= 0.3 is 0 Å². The standard InChI is InChI=1S/C24H30N4O3/c1-16(2)15-30-24-11-23(20(12-25)13-26-24)28-10-9-22(14-28)31-21-7-5-19(6-8-21)17(3)27-18(4)29/h5-8,11,13,16-17,22H,9-10,14-15H2,1-4H3,(H,27,29)/t17-,22+/m0/s1. The maximum Gasteiger partial charge on any atom is 0.217 e. The summed E-state index contributed by atoms with van der Waals surface area (Å²) in [4.78, 5) is 17.6. The van der Waals surface area contributed by atoms with Crippen LogP contribution in [0.25, 0.3) is 0 Å². The number of anilines is 1. The highest BCUT2D eigenvalue weighted by Crippen LogP contribution is 2.29. The van der Waals surface area contributed by atoms with Gasteiger partial charge in [-0.05, 0) is 30.5 Å². The van der Waals surface area contributed by atoms with E-state index < -0.39 is 0 Å². The van der Waals surface area contributed by atoms with Crippen LogP contribution >= 0.6 is 0 Å². The molecule has 31 heavy (non-hydrogen) atoms. The van der Waals surface area contributed by atoms with Gasteiger partial charge in [-0.3, -0.25) is 4.79 Å². The van der Waals surface area contributed by atoms with Gasteiger partial charge in [0, 0.05) is 26.0 Å². The molecule has 0 spiro atoms. The van der Waals surface area contributed by atoms with Crippen LogP contribution in [0, 0.1) is 17.2 Å². The number of carbonyl (C=O) groups is 1. The number of rotatable bonds is 8. The van der Waals surface area contributed by atoms with E-state index in [2.05, 4.69) is 35.1 Å². The molecule has 0 unspecified atom stereocenters. The van der Waals surface area contributed by atoms with E-state index in [0.717, 1.165) is 30.0 Å². The van der Waals surface area contributed by atoms with Crippen molar-refractivity contribution < 1.29 is 14.3 Å². The fourth-order valence-corrected chi connectivity index (χ4v) is 3.56. The number of carbonyl (C=O) groups excluding carboxylic acids is 1. The first-order valence-electron chi connectivity index (χ1n) is 10.7. The lowest BCUT2D eigenvalue weighted by molar-refractivity contribution is -0.119. The van der Waals surface area contributed by atoms with Crippen molar-refractivity contribution >= 4 is 11.6 Å². The SMILES string of the molecule is CC(=O)N[C@@H](C)c1ccc(O[C@@H]2CCN(c3cc(OCC(C)C)ncc3C#N)C2)cc1. The fourth-order valence-electron chi connectivity index (χ4n) is 3.56. The Morgan fingerprint density at radius 1 is 1.32 bits per heavy atom. The summed E-state index contributed by atoms with van der Waals surface area (Å²) in [5, 5.41) is 12.4. The molecule has 1 saturated heterocycles. The molecule has 3 rings (SSSR count). The number of nitrogens with one attached hydrogen (secondary N) is 1. The number of amides is 1. The lowest BCUT2D eigenvalue weighted by Crippen LogP contribution is -2.25. The van der Waals surface area contributed by atoms with Crippen LogP contribution in [0.4, 0.5) is 5.69 Å². The molecule has 0 aliphatic carbocycles. The fraction of sp³-hybridized carbons (Fsp3) is 0.458. The third-order valence-corrected chi connectivity index (χ3v) is 5.13. The number of aromatic nitrogens is 1. The molecule has 1 aliphatic rings. The van der Waals surface area contributed by atoms with Gasteiger partial charge in [-0.25, -0.2) is 4.98 Å². The molecule has 1 aromatic heterocycles. The zero-order valence-electron chi connectivity index (χ0n) is 18.6. The molecule has 1 aliphatic heterocycles. The molecule has 7 heteroatoms.